The van der Waals surface area contributed by atoms with Gasteiger partial charge in [0.25, 0.3) is 0 Å². The zero-order valence-electron chi connectivity index (χ0n) is 18.6. The number of benzene rings is 1. The third kappa shape index (κ3) is 5.64. The summed E-state index contributed by atoms with van der Waals surface area (Å²) < 4.78 is 16.1. The van der Waals surface area contributed by atoms with Gasteiger partial charge in [-0.1, -0.05) is 0 Å². The summed E-state index contributed by atoms with van der Waals surface area (Å²) in [6, 6.07) is 3.37. The molecule has 33 heavy (non-hydrogen) atoms. The predicted molar refractivity (Wildman–Crippen MR) is 119 cm³/mol. The van der Waals surface area contributed by atoms with Crippen molar-refractivity contribution in [3.05, 3.63) is 42.0 Å². The number of fused-ring (bicyclic) bond motifs is 1. The van der Waals surface area contributed by atoms with Gasteiger partial charge < -0.3 is 34.6 Å². The van der Waals surface area contributed by atoms with Crippen LogP contribution < -0.4 is 14.8 Å². The summed E-state index contributed by atoms with van der Waals surface area (Å²) in [5.41, 5.74) is 0.703. The van der Waals surface area contributed by atoms with E-state index in [4.69, 9.17) is 19.3 Å². The molecule has 176 valence electrons. The Hall–Kier alpha value is -3.54. The molecule has 0 spiro atoms. The number of ether oxygens (including phenoxy) is 3. The Morgan fingerprint density at radius 3 is 2.58 bits per heavy atom. The van der Waals surface area contributed by atoms with E-state index in [1.165, 1.54) is 30.5 Å². The molecule has 0 saturated heterocycles. The second-order valence-corrected chi connectivity index (χ2v) is 7.24. The van der Waals surface area contributed by atoms with Crippen molar-refractivity contribution in [2.75, 3.05) is 52.9 Å². The van der Waals surface area contributed by atoms with E-state index in [1.54, 1.807) is 26.3 Å². The molecule has 2 aromatic rings. The summed E-state index contributed by atoms with van der Waals surface area (Å²) in [5.74, 6) is 0.385. The highest BCUT2D eigenvalue weighted by molar-refractivity contribution is 6.21. The molecule has 3 N–H and O–H groups in total. The number of carbonyl (C=O) groups excluding carboxylic acids is 2. The molecule has 11 heteroatoms. The molecule has 1 aliphatic rings. The van der Waals surface area contributed by atoms with E-state index in [-0.39, 0.29) is 17.9 Å². The Morgan fingerprint density at radius 1 is 1.09 bits per heavy atom. The summed E-state index contributed by atoms with van der Waals surface area (Å²) in [7, 11) is 4.63. The second kappa shape index (κ2) is 10.9. The molecule has 1 heterocycles. The fourth-order valence-electron chi connectivity index (χ4n) is 3.22. The monoisotopic (exact) mass is 458 g/mol. The highest BCUT2D eigenvalue weighted by Gasteiger charge is 2.25. The minimum atomic E-state index is -1.03. The van der Waals surface area contributed by atoms with Crippen molar-refractivity contribution < 1.29 is 34.0 Å². The van der Waals surface area contributed by atoms with E-state index in [0.717, 1.165) is 0 Å². The summed E-state index contributed by atoms with van der Waals surface area (Å²) in [6.07, 6.45) is 2.65. The van der Waals surface area contributed by atoms with Crippen molar-refractivity contribution in [2.45, 2.75) is 6.10 Å². The van der Waals surface area contributed by atoms with Gasteiger partial charge in [0, 0.05) is 44.3 Å². The number of hydrogen-bond donors (Lipinski definition) is 3. The quantitative estimate of drug-likeness (QED) is 0.315. The van der Waals surface area contributed by atoms with E-state index < -0.39 is 24.3 Å². The number of rotatable bonds is 11. The van der Waals surface area contributed by atoms with Crippen molar-refractivity contribution in [1.82, 2.24) is 14.9 Å². The first-order chi connectivity index (χ1) is 15.9. The van der Waals surface area contributed by atoms with Gasteiger partial charge in [-0.15, -0.1) is 0 Å². The van der Waals surface area contributed by atoms with Gasteiger partial charge in [0.15, 0.2) is 11.5 Å². The number of aliphatic hydroxyl groups is 2. The van der Waals surface area contributed by atoms with Gasteiger partial charge in [-0.2, -0.15) is 0 Å². The van der Waals surface area contributed by atoms with Gasteiger partial charge in [-0.3, -0.25) is 9.59 Å². The lowest BCUT2D eigenvalue weighted by Crippen LogP contribution is -2.35. The number of likely N-dealkylation sites (N-methyl/N-ethyl adjacent to an activating group) is 1. The van der Waals surface area contributed by atoms with Gasteiger partial charge in [-0.05, 0) is 6.07 Å². The van der Waals surface area contributed by atoms with Crippen LogP contribution in [0.4, 0.5) is 5.82 Å². The van der Waals surface area contributed by atoms with Crippen LogP contribution in [-0.2, 0) is 14.3 Å². The minimum absolute atomic E-state index is 0.00306. The van der Waals surface area contributed by atoms with Crippen molar-refractivity contribution in [2.24, 2.45) is 0 Å². The Kier molecular flexibility index (Phi) is 7.93. The lowest BCUT2D eigenvalue weighted by atomic mass is 10.0. The van der Waals surface area contributed by atoms with Crippen LogP contribution in [0, 0.1) is 0 Å². The SMILES string of the molecule is COCCOc1cc2ncnc(NC3=CC(=O)C(N(C)CC(O)CO)=CC3=O)c2cc1OC. The number of allylic oxidation sites excluding steroid dienone is 2. The third-order valence-corrected chi connectivity index (χ3v) is 4.89. The van der Waals surface area contributed by atoms with Crippen LogP contribution >= 0.6 is 0 Å². The molecule has 1 atom stereocenters. The third-order valence-electron chi connectivity index (χ3n) is 4.89. The predicted octanol–water partition coefficient (Wildman–Crippen LogP) is 0.280. The van der Waals surface area contributed by atoms with E-state index in [9.17, 15) is 14.7 Å². The van der Waals surface area contributed by atoms with Gasteiger partial charge in [0.2, 0.25) is 11.6 Å². The molecular weight excluding hydrogens is 432 g/mol. The van der Waals surface area contributed by atoms with E-state index in [1.807, 2.05) is 0 Å². The summed E-state index contributed by atoms with van der Waals surface area (Å²) >= 11 is 0. The van der Waals surface area contributed by atoms with Crippen LogP contribution in [0.1, 0.15) is 0 Å². The largest absolute Gasteiger partial charge is 0.493 e. The smallest absolute Gasteiger partial charge is 0.204 e. The Bertz CT molecular complexity index is 1100. The van der Waals surface area contributed by atoms with Crippen molar-refractivity contribution in [1.29, 1.82) is 0 Å². The number of aliphatic hydroxyl groups excluding tert-OH is 2. The fraction of sp³-hybridized carbons (Fsp3) is 0.364. The first-order valence-corrected chi connectivity index (χ1v) is 10.1. The lowest BCUT2D eigenvalue weighted by molar-refractivity contribution is -0.116. The normalized spacial score (nSPS) is 14.6. The van der Waals surface area contributed by atoms with Crippen molar-refractivity contribution in [3.63, 3.8) is 0 Å². The average molecular weight is 458 g/mol. The van der Waals surface area contributed by atoms with Gasteiger partial charge in [-0.25, -0.2) is 9.97 Å². The van der Waals surface area contributed by atoms with Crippen LogP contribution in [0.2, 0.25) is 0 Å². The fourth-order valence-corrected chi connectivity index (χ4v) is 3.22. The highest BCUT2D eigenvalue weighted by atomic mass is 16.5. The second-order valence-electron chi connectivity index (χ2n) is 7.24. The number of ketones is 2. The molecule has 1 unspecified atom stereocenters. The molecule has 3 rings (SSSR count). The molecule has 0 saturated carbocycles. The Morgan fingerprint density at radius 2 is 1.88 bits per heavy atom. The number of hydrogen-bond acceptors (Lipinski definition) is 11. The molecule has 0 bridgehead atoms. The maximum atomic E-state index is 12.7. The van der Waals surface area contributed by atoms with E-state index in [0.29, 0.717) is 41.4 Å². The molecular formula is C22H26N4O7. The van der Waals surface area contributed by atoms with Gasteiger partial charge >= 0.3 is 0 Å². The summed E-state index contributed by atoms with van der Waals surface area (Å²) in [4.78, 5) is 35.1. The zero-order chi connectivity index (χ0) is 24.0. The molecule has 1 aromatic carbocycles. The van der Waals surface area contributed by atoms with Crippen molar-refractivity contribution >= 4 is 28.3 Å². The van der Waals surface area contributed by atoms with E-state index >= 15 is 0 Å². The molecule has 0 fully saturated rings. The maximum Gasteiger partial charge on any atom is 0.204 e. The van der Waals surface area contributed by atoms with Gasteiger partial charge in [0.05, 0.1) is 43.3 Å². The summed E-state index contributed by atoms with van der Waals surface area (Å²) in [5, 5.41) is 22.1. The first kappa shape index (κ1) is 24.1. The zero-order valence-corrected chi connectivity index (χ0v) is 18.6. The van der Waals surface area contributed by atoms with Crippen LogP contribution in [0.3, 0.4) is 0 Å². The number of carbonyl (C=O) groups is 2. The van der Waals surface area contributed by atoms with E-state index in [2.05, 4.69) is 15.3 Å². The van der Waals surface area contributed by atoms with Crippen LogP contribution in [0.25, 0.3) is 10.9 Å². The standard InChI is InChI=1S/C22H26N4O7/c1-26(10-13(28)11-27)17-9-18(29)16(7-19(17)30)25-22-14-6-20(32-3)21(33-5-4-31-2)8-15(14)23-12-24-22/h6-9,12-13,27-28H,4-5,10-11H2,1-3H3,(H,23,24,25). The molecule has 11 nitrogen and oxygen atoms in total. The summed E-state index contributed by atoms with van der Waals surface area (Å²) in [6.45, 7) is 0.289. The molecule has 0 radical (unpaired) electrons. The number of aromatic nitrogens is 2. The highest BCUT2D eigenvalue weighted by Crippen LogP contribution is 2.34. The average Bonchev–Trinajstić information content (AvgIpc) is 2.80. The molecule has 1 aliphatic carbocycles. The molecule has 0 aliphatic heterocycles. The maximum absolute atomic E-state index is 12.7. The number of nitrogens with one attached hydrogen (secondary N) is 1. The lowest BCUT2D eigenvalue weighted by Gasteiger charge is -2.25. The van der Waals surface area contributed by atoms with Gasteiger partial charge in [0.1, 0.15) is 18.8 Å². The minimum Gasteiger partial charge on any atom is -0.493 e. The van der Waals surface area contributed by atoms with Crippen LogP contribution in [-0.4, -0.2) is 90.4 Å². The molecule has 1 aromatic heterocycles. The number of methoxy groups -OCH3 is 2. The number of nitrogens with zero attached hydrogens (tertiary/aromatic N) is 3. The van der Waals surface area contributed by atoms with Crippen LogP contribution in [0.15, 0.2) is 42.0 Å². The first-order valence-electron chi connectivity index (χ1n) is 10.1. The van der Waals surface area contributed by atoms with Crippen LogP contribution in [0.5, 0.6) is 11.5 Å². The molecule has 0 amide bonds. The topological polar surface area (TPSA) is 143 Å². The number of anilines is 1. The van der Waals surface area contributed by atoms with Crippen molar-refractivity contribution in [3.8, 4) is 11.5 Å². The Labute approximate surface area is 190 Å². The Balaban J connectivity index is 1.85.